The number of hydrogen-bond donors (Lipinski definition) is 1. The molecule has 2 aromatic rings. The zero-order valence-corrected chi connectivity index (χ0v) is 12.3. The van der Waals surface area contributed by atoms with Crippen molar-refractivity contribution in [1.82, 2.24) is 4.98 Å². The Morgan fingerprint density at radius 3 is 2.89 bits per heavy atom. The van der Waals surface area contributed by atoms with E-state index in [1.165, 1.54) is 11.4 Å². The summed E-state index contributed by atoms with van der Waals surface area (Å²) in [4.78, 5) is 15.3. The van der Waals surface area contributed by atoms with Crippen LogP contribution in [0.1, 0.15) is 17.4 Å². The van der Waals surface area contributed by atoms with Gasteiger partial charge in [-0.25, -0.2) is 18.2 Å². The van der Waals surface area contributed by atoms with E-state index in [1.807, 2.05) is 0 Å². The van der Waals surface area contributed by atoms with Gasteiger partial charge in [0.05, 0.1) is 6.61 Å². The van der Waals surface area contributed by atoms with E-state index < -0.39 is 16.0 Å². The average molecular weight is 318 g/mol. The molecule has 0 fully saturated rings. The van der Waals surface area contributed by atoms with E-state index in [-0.39, 0.29) is 21.6 Å². The van der Waals surface area contributed by atoms with Gasteiger partial charge in [0.15, 0.2) is 10.8 Å². The van der Waals surface area contributed by atoms with Gasteiger partial charge in [0.2, 0.25) is 0 Å². The highest BCUT2D eigenvalue weighted by Crippen LogP contribution is 2.22. The normalized spacial score (nSPS) is 11.2. The van der Waals surface area contributed by atoms with E-state index in [9.17, 15) is 13.2 Å². The van der Waals surface area contributed by atoms with Crippen LogP contribution < -0.4 is 4.72 Å². The number of thiophene rings is 1. The first-order valence-corrected chi connectivity index (χ1v) is 8.46. The Morgan fingerprint density at radius 1 is 1.47 bits per heavy atom. The van der Waals surface area contributed by atoms with Gasteiger partial charge in [-0.2, -0.15) is 0 Å². The van der Waals surface area contributed by atoms with Gasteiger partial charge in [0.1, 0.15) is 4.21 Å². The van der Waals surface area contributed by atoms with Gasteiger partial charge in [-0.1, -0.05) is 6.07 Å². The molecule has 0 unspecified atom stereocenters. The molecule has 0 aliphatic heterocycles. The molecule has 0 aliphatic carbocycles. The Kier molecular flexibility index (Phi) is 4.17. The van der Waals surface area contributed by atoms with Crippen LogP contribution in [0.3, 0.4) is 0 Å². The molecule has 0 atom stereocenters. The van der Waals surface area contributed by atoms with Crippen molar-refractivity contribution in [3.05, 3.63) is 28.6 Å². The highest BCUT2D eigenvalue weighted by molar-refractivity contribution is 7.94. The highest BCUT2D eigenvalue weighted by atomic mass is 32.2. The van der Waals surface area contributed by atoms with Crippen LogP contribution in [0.25, 0.3) is 0 Å². The first-order valence-electron chi connectivity index (χ1n) is 5.22. The molecule has 1 N–H and O–H groups in total. The van der Waals surface area contributed by atoms with Crippen molar-refractivity contribution in [2.45, 2.75) is 11.1 Å². The van der Waals surface area contributed by atoms with Crippen molar-refractivity contribution in [3.8, 4) is 0 Å². The first-order chi connectivity index (χ1) is 9.03. The highest BCUT2D eigenvalue weighted by Gasteiger charge is 2.18. The van der Waals surface area contributed by atoms with Gasteiger partial charge >= 0.3 is 5.97 Å². The standard InChI is InChI=1S/C10H10N2O4S3/c1-2-16-9(13)7-6-18-10(11-7)12-19(14,15)8-4-3-5-17-8/h3-6H,2H2,1H3,(H,11,12). The summed E-state index contributed by atoms with van der Waals surface area (Å²) in [5.74, 6) is -0.569. The number of esters is 1. The van der Waals surface area contributed by atoms with Crippen molar-refractivity contribution in [3.63, 3.8) is 0 Å². The summed E-state index contributed by atoms with van der Waals surface area (Å²) in [7, 11) is -3.63. The molecule has 0 aromatic carbocycles. The molecule has 2 heterocycles. The van der Waals surface area contributed by atoms with Crippen LogP contribution in [-0.2, 0) is 14.8 Å². The molecule has 0 bridgehead atoms. The predicted molar refractivity (Wildman–Crippen MR) is 73.2 cm³/mol. The summed E-state index contributed by atoms with van der Waals surface area (Å²) in [5, 5.41) is 3.25. The molecule has 19 heavy (non-hydrogen) atoms. The Morgan fingerprint density at radius 2 is 2.26 bits per heavy atom. The average Bonchev–Trinajstić information content (AvgIpc) is 2.98. The first kappa shape index (κ1) is 14.0. The summed E-state index contributed by atoms with van der Waals surface area (Å²) in [6, 6.07) is 3.14. The van der Waals surface area contributed by atoms with Crippen LogP contribution in [-0.4, -0.2) is 26.0 Å². The molecule has 0 saturated carbocycles. The van der Waals surface area contributed by atoms with E-state index in [0.29, 0.717) is 0 Å². The Balaban J connectivity index is 2.15. The predicted octanol–water partition coefficient (Wildman–Crippen LogP) is 2.18. The van der Waals surface area contributed by atoms with E-state index >= 15 is 0 Å². The topological polar surface area (TPSA) is 85.4 Å². The van der Waals surface area contributed by atoms with Crippen LogP contribution in [0.5, 0.6) is 0 Å². The second kappa shape index (κ2) is 5.68. The minimum Gasteiger partial charge on any atom is -0.461 e. The number of nitrogens with one attached hydrogen (secondary N) is 1. The van der Waals surface area contributed by atoms with Gasteiger partial charge in [0.25, 0.3) is 10.0 Å². The number of aromatic nitrogens is 1. The second-order valence-corrected chi connectivity index (χ2v) is 7.01. The lowest BCUT2D eigenvalue weighted by atomic mass is 10.5. The molecule has 0 radical (unpaired) electrons. The maximum Gasteiger partial charge on any atom is 0.357 e. The third kappa shape index (κ3) is 3.31. The summed E-state index contributed by atoms with van der Waals surface area (Å²) >= 11 is 2.14. The minimum atomic E-state index is -3.63. The Hall–Kier alpha value is -1.45. The van der Waals surface area contributed by atoms with Crippen LogP contribution in [0.2, 0.25) is 0 Å². The number of anilines is 1. The maximum absolute atomic E-state index is 11.9. The maximum atomic E-state index is 11.9. The van der Waals surface area contributed by atoms with Gasteiger partial charge in [0, 0.05) is 5.38 Å². The molecule has 0 aliphatic rings. The molecule has 6 nitrogen and oxygen atoms in total. The number of ether oxygens (including phenoxy) is 1. The number of carbonyl (C=O) groups is 1. The van der Waals surface area contributed by atoms with Crippen molar-refractivity contribution in [2.75, 3.05) is 11.3 Å². The molecule has 0 spiro atoms. The number of hydrogen-bond acceptors (Lipinski definition) is 7. The minimum absolute atomic E-state index is 0.0933. The summed E-state index contributed by atoms with van der Waals surface area (Å²) in [5.41, 5.74) is 0.0933. The van der Waals surface area contributed by atoms with Gasteiger partial charge in [-0.05, 0) is 18.4 Å². The number of thiazole rings is 1. The summed E-state index contributed by atoms with van der Waals surface area (Å²) in [6.07, 6.45) is 0. The third-order valence-corrected chi connectivity index (χ3v) is 5.59. The van der Waals surface area contributed by atoms with Gasteiger partial charge < -0.3 is 4.74 Å². The number of rotatable bonds is 5. The van der Waals surface area contributed by atoms with E-state index in [2.05, 4.69) is 9.71 Å². The van der Waals surface area contributed by atoms with Crippen molar-refractivity contribution < 1.29 is 17.9 Å². The van der Waals surface area contributed by atoms with Crippen molar-refractivity contribution in [1.29, 1.82) is 0 Å². The quantitative estimate of drug-likeness (QED) is 0.854. The summed E-state index contributed by atoms with van der Waals surface area (Å²) < 4.78 is 31.1. The fraction of sp³-hybridized carbons (Fsp3) is 0.200. The number of carbonyl (C=O) groups excluding carboxylic acids is 1. The number of sulfonamides is 1. The van der Waals surface area contributed by atoms with Gasteiger partial charge in [-0.3, -0.25) is 4.72 Å². The molecule has 2 aromatic heterocycles. The van der Waals surface area contributed by atoms with Gasteiger partial charge in [-0.15, -0.1) is 22.7 Å². The lowest BCUT2D eigenvalue weighted by Gasteiger charge is -2.01. The molecular weight excluding hydrogens is 308 g/mol. The van der Waals surface area contributed by atoms with E-state index in [4.69, 9.17) is 4.74 Å². The van der Waals surface area contributed by atoms with Crippen molar-refractivity contribution >= 4 is 43.8 Å². The third-order valence-electron chi connectivity index (χ3n) is 1.97. The Labute approximate surface area is 118 Å². The molecular formula is C10H10N2O4S3. The van der Waals surface area contributed by atoms with E-state index in [0.717, 1.165) is 22.7 Å². The fourth-order valence-electron chi connectivity index (χ4n) is 1.20. The molecule has 102 valence electrons. The molecule has 2 rings (SSSR count). The Bertz CT molecular complexity index is 661. The molecule has 0 amide bonds. The second-order valence-electron chi connectivity index (χ2n) is 3.30. The van der Waals surface area contributed by atoms with Crippen LogP contribution >= 0.6 is 22.7 Å². The zero-order valence-electron chi connectivity index (χ0n) is 9.82. The fourth-order valence-corrected chi connectivity index (χ4v) is 4.13. The summed E-state index contributed by atoms with van der Waals surface area (Å²) in [6.45, 7) is 1.93. The van der Waals surface area contributed by atoms with E-state index in [1.54, 1.807) is 18.4 Å². The van der Waals surface area contributed by atoms with Crippen LogP contribution in [0.15, 0.2) is 27.1 Å². The monoisotopic (exact) mass is 318 g/mol. The largest absolute Gasteiger partial charge is 0.461 e. The lowest BCUT2D eigenvalue weighted by molar-refractivity contribution is 0.0520. The smallest absolute Gasteiger partial charge is 0.357 e. The lowest BCUT2D eigenvalue weighted by Crippen LogP contribution is -2.12. The SMILES string of the molecule is CCOC(=O)c1csc(NS(=O)(=O)c2cccs2)n1. The molecule has 9 heteroatoms. The van der Waals surface area contributed by atoms with Crippen LogP contribution in [0, 0.1) is 0 Å². The molecule has 0 saturated heterocycles. The van der Waals surface area contributed by atoms with Crippen LogP contribution in [0.4, 0.5) is 5.13 Å². The number of nitrogens with zero attached hydrogens (tertiary/aromatic N) is 1. The van der Waals surface area contributed by atoms with Crippen molar-refractivity contribution in [2.24, 2.45) is 0 Å². The zero-order chi connectivity index (χ0) is 13.9.